The van der Waals surface area contributed by atoms with Crippen molar-refractivity contribution in [2.24, 2.45) is 34.0 Å². The van der Waals surface area contributed by atoms with Crippen LogP contribution in [0.1, 0.15) is 65.4 Å². The van der Waals surface area contributed by atoms with Gasteiger partial charge in [-0.05, 0) is 55.9 Å². The van der Waals surface area contributed by atoms with Crippen LogP contribution < -0.4 is 38.5 Å². The number of carbonyl (C=O) groups is 6. The molecule has 1 aliphatic heterocycles. The number of aliphatic carboxylic acids is 1. The van der Waals surface area contributed by atoms with Gasteiger partial charge >= 0.3 is 5.97 Å². The van der Waals surface area contributed by atoms with Crippen LogP contribution in [0.3, 0.4) is 0 Å². The van der Waals surface area contributed by atoms with E-state index in [0.29, 0.717) is 19.3 Å². The molecule has 5 amide bonds. The number of rotatable bonds is 20. The summed E-state index contributed by atoms with van der Waals surface area (Å²) >= 11 is 4.23. The molecule has 51 heavy (non-hydrogen) atoms. The van der Waals surface area contributed by atoms with Crippen molar-refractivity contribution in [3.63, 3.8) is 0 Å². The lowest BCUT2D eigenvalue weighted by Crippen LogP contribution is -2.60. The van der Waals surface area contributed by atoms with E-state index in [1.54, 1.807) is 13.8 Å². The Morgan fingerprint density at radius 2 is 1.51 bits per heavy atom. The minimum atomic E-state index is -1.13. The highest BCUT2D eigenvalue weighted by Gasteiger charge is 2.39. The molecule has 0 radical (unpaired) electrons. The molecule has 1 heterocycles. The zero-order valence-electron chi connectivity index (χ0n) is 29.8. The number of nitrogens with two attached hydrogens (primary N) is 3. The van der Waals surface area contributed by atoms with E-state index in [9.17, 15) is 33.9 Å². The Hall–Kier alpha value is -4.38. The van der Waals surface area contributed by atoms with Crippen molar-refractivity contribution in [2.75, 3.05) is 18.8 Å². The molecule has 284 valence electrons. The molecular formula is C34H55N9O7S. The Kier molecular flexibility index (Phi) is 17.7. The normalized spacial score (nSPS) is 17.1. The maximum Gasteiger partial charge on any atom is 0.326 e. The number of aliphatic imine (C=N–C) groups is 1. The molecule has 16 nitrogen and oxygen atoms in total. The summed E-state index contributed by atoms with van der Waals surface area (Å²) < 4.78 is 0. The number of nitrogens with one attached hydrogen (secondary N) is 4. The van der Waals surface area contributed by atoms with Crippen molar-refractivity contribution < 1.29 is 33.9 Å². The fourth-order valence-corrected chi connectivity index (χ4v) is 5.96. The van der Waals surface area contributed by atoms with E-state index in [-0.39, 0.29) is 50.0 Å². The van der Waals surface area contributed by atoms with Crippen LogP contribution in [0.2, 0.25) is 0 Å². The Morgan fingerprint density at radius 1 is 0.902 bits per heavy atom. The van der Waals surface area contributed by atoms with Crippen LogP contribution in [0.15, 0.2) is 35.3 Å². The highest BCUT2D eigenvalue weighted by Crippen LogP contribution is 2.20. The average molecular weight is 734 g/mol. The summed E-state index contributed by atoms with van der Waals surface area (Å²) in [6.07, 6.45) is 1.67. The van der Waals surface area contributed by atoms with E-state index in [1.165, 1.54) is 4.90 Å². The first-order valence-corrected chi connectivity index (χ1v) is 17.9. The number of benzene rings is 1. The maximum atomic E-state index is 13.7. The summed E-state index contributed by atoms with van der Waals surface area (Å²) in [6, 6.07) is 2.83. The number of carboxylic acids is 1. The summed E-state index contributed by atoms with van der Waals surface area (Å²) in [7, 11) is 0. The second-order valence-corrected chi connectivity index (χ2v) is 13.9. The minimum Gasteiger partial charge on any atom is -0.480 e. The number of guanidine groups is 1. The predicted octanol–water partition coefficient (Wildman–Crippen LogP) is -0.743. The number of carbonyl (C=O) groups excluding carboxylic acids is 5. The van der Waals surface area contributed by atoms with Gasteiger partial charge in [-0.25, -0.2) is 4.79 Å². The first kappa shape index (κ1) is 42.8. The molecule has 0 unspecified atom stereocenters. The number of carboxylic acid groups (broad SMARTS) is 1. The van der Waals surface area contributed by atoms with E-state index in [2.05, 4.69) is 38.9 Å². The van der Waals surface area contributed by atoms with Gasteiger partial charge < -0.3 is 48.5 Å². The fourth-order valence-electron chi connectivity index (χ4n) is 5.71. The second kappa shape index (κ2) is 21.1. The van der Waals surface area contributed by atoms with Crippen LogP contribution >= 0.6 is 12.6 Å². The van der Waals surface area contributed by atoms with Crippen molar-refractivity contribution in [3.05, 3.63) is 35.9 Å². The van der Waals surface area contributed by atoms with Crippen LogP contribution in [-0.4, -0.2) is 107 Å². The molecule has 1 saturated heterocycles. The standard InChI is InChI=1S/C34H55N9O7S/c1-19(2)16-24(29(45)39-23(12-8-14-38-34(36)37)32(48)43-15-9-13-26(43)33(49)50)40-31(47)27(20(3)4)42-30(46)25(18-51)41-28(44)22(35)17-21-10-6-5-7-11-21/h5-7,10-11,19-20,22-27,51H,8-9,12-18,35H2,1-4H3,(H,39,45)(H,40,47)(H,41,44)(H,42,46)(H,49,50)(H4,36,37,38)/t22-,23-,24-,25-,26-,27-/m0/s1. The van der Waals surface area contributed by atoms with Crippen LogP contribution in [-0.2, 0) is 35.2 Å². The van der Waals surface area contributed by atoms with Gasteiger partial charge in [-0.3, -0.25) is 29.0 Å². The third-order valence-electron chi connectivity index (χ3n) is 8.42. The number of hydrogen-bond donors (Lipinski definition) is 9. The van der Waals surface area contributed by atoms with E-state index < -0.39 is 77.7 Å². The average Bonchev–Trinajstić information content (AvgIpc) is 3.57. The lowest BCUT2D eigenvalue weighted by atomic mass is 9.99. The van der Waals surface area contributed by atoms with Crippen LogP contribution in [0.25, 0.3) is 0 Å². The Labute approximate surface area is 304 Å². The third-order valence-corrected chi connectivity index (χ3v) is 8.78. The van der Waals surface area contributed by atoms with Crippen molar-refractivity contribution in [1.82, 2.24) is 26.2 Å². The van der Waals surface area contributed by atoms with Crippen molar-refractivity contribution >= 4 is 54.1 Å². The first-order chi connectivity index (χ1) is 24.0. The molecule has 0 spiro atoms. The molecule has 0 aromatic heterocycles. The summed E-state index contributed by atoms with van der Waals surface area (Å²) in [5, 5.41) is 20.4. The number of nitrogens with zero attached hydrogens (tertiary/aromatic N) is 2. The zero-order valence-corrected chi connectivity index (χ0v) is 30.7. The molecule has 1 fully saturated rings. The largest absolute Gasteiger partial charge is 0.480 e. The van der Waals surface area contributed by atoms with Gasteiger partial charge in [-0.2, -0.15) is 12.6 Å². The van der Waals surface area contributed by atoms with E-state index >= 15 is 0 Å². The molecule has 1 aromatic rings. The van der Waals surface area contributed by atoms with Crippen molar-refractivity contribution in [2.45, 2.75) is 102 Å². The Morgan fingerprint density at radius 3 is 2.08 bits per heavy atom. The number of likely N-dealkylation sites (tertiary alicyclic amines) is 1. The molecule has 17 heteroatoms. The van der Waals surface area contributed by atoms with Crippen molar-refractivity contribution in [3.8, 4) is 0 Å². The van der Waals surface area contributed by atoms with Gasteiger partial charge in [-0.15, -0.1) is 0 Å². The molecule has 2 rings (SSSR count). The van der Waals surface area contributed by atoms with Gasteiger partial charge in [0.05, 0.1) is 6.04 Å². The third kappa shape index (κ3) is 14.0. The van der Waals surface area contributed by atoms with E-state index in [4.69, 9.17) is 17.2 Å². The number of thiol groups is 1. The summed E-state index contributed by atoms with van der Waals surface area (Å²) in [4.78, 5) is 84.2. The highest BCUT2D eigenvalue weighted by atomic mass is 32.1. The first-order valence-electron chi connectivity index (χ1n) is 17.3. The maximum absolute atomic E-state index is 13.7. The smallest absolute Gasteiger partial charge is 0.326 e. The van der Waals surface area contributed by atoms with Crippen molar-refractivity contribution in [1.29, 1.82) is 0 Å². The molecule has 0 bridgehead atoms. The number of hydrogen-bond acceptors (Lipinski definition) is 9. The van der Waals surface area contributed by atoms with Gasteiger partial charge in [0.25, 0.3) is 0 Å². The second-order valence-electron chi connectivity index (χ2n) is 13.5. The molecular weight excluding hydrogens is 678 g/mol. The molecule has 1 aromatic carbocycles. The predicted molar refractivity (Wildman–Crippen MR) is 196 cm³/mol. The molecule has 1 aliphatic rings. The highest BCUT2D eigenvalue weighted by molar-refractivity contribution is 7.80. The minimum absolute atomic E-state index is 0.0667. The fraction of sp³-hybridized carbons (Fsp3) is 0.618. The summed E-state index contributed by atoms with van der Waals surface area (Å²) in [5.41, 5.74) is 17.8. The van der Waals surface area contributed by atoms with E-state index in [0.717, 1.165) is 5.56 Å². The zero-order chi connectivity index (χ0) is 38.2. The van der Waals surface area contributed by atoms with E-state index in [1.807, 2.05) is 44.2 Å². The molecule has 0 aliphatic carbocycles. The molecule has 0 saturated carbocycles. The van der Waals surface area contributed by atoms with Gasteiger partial charge in [0.1, 0.15) is 30.2 Å². The lowest BCUT2D eigenvalue weighted by Gasteiger charge is -2.30. The van der Waals surface area contributed by atoms with Crippen LogP contribution in [0, 0.1) is 11.8 Å². The van der Waals surface area contributed by atoms with Gasteiger partial charge in [-0.1, -0.05) is 58.0 Å². The monoisotopic (exact) mass is 733 g/mol. The van der Waals surface area contributed by atoms with Gasteiger partial charge in [0.15, 0.2) is 5.96 Å². The van der Waals surface area contributed by atoms with Gasteiger partial charge in [0, 0.05) is 18.8 Å². The topological polar surface area (TPSA) is 264 Å². The Balaban J connectivity index is 2.18. The molecule has 6 atom stereocenters. The summed E-state index contributed by atoms with van der Waals surface area (Å²) in [5.74, 6) is -4.89. The SMILES string of the molecule is CC(C)C[C@H](NC(=O)[C@@H](NC(=O)[C@H](CS)NC(=O)[C@@H](N)Cc1ccccc1)C(C)C)C(=O)N[C@@H](CCCN=C(N)N)C(=O)N1CCC[C@H]1C(=O)O. The quantitative estimate of drug-likeness (QED) is 0.0351. The Bertz CT molecular complexity index is 1370. The van der Waals surface area contributed by atoms with Crippen LogP contribution in [0.4, 0.5) is 0 Å². The molecule has 11 N–H and O–H groups in total. The lowest BCUT2D eigenvalue weighted by molar-refractivity contribution is -0.149. The van der Waals surface area contributed by atoms with Gasteiger partial charge in [0.2, 0.25) is 29.5 Å². The van der Waals surface area contributed by atoms with Crippen LogP contribution in [0.5, 0.6) is 0 Å². The summed E-state index contributed by atoms with van der Waals surface area (Å²) in [6.45, 7) is 7.55. The number of amides is 5.